The molecule has 0 saturated carbocycles. The summed E-state index contributed by atoms with van der Waals surface area (Å²) in [6, 6.07) is 13.6. The Hall–Kier alpha value is -2.57. The number of nitrogens with zero attached hydrogens (tertiary/aromatic N) is 2. The summed E-state index contributed by atoms with van der Waals surface area (Å²) in [5.74, 6) is 0.393. The maximum Gasteiger partial charge on any atom is 0.283 e. The van der Waals surface area contributed by atoms with E-state index in [1.165, 1.54) is 17.0 Å². The number of hydrogen-bond donors (Lipinski definition) is 1. The predicted octanol–water partition coefficient (Wildman–Crippen LogP) is 5.17. The maximum absolute atomic E-state index is 12.5. The molecule has 2 aromatic carbocycles. The van der Waals surface area contributed by atoms with E-state index in [0.29, 0.717) is 9.90 Å². The number of ether oxygens (including phenoxy) is 1. The van der Waals surface area contributed by atoms with Crippen LogP contribution in [0.4, 0.5) is 5.69 Å². The number of thiophene rings is 1. The van der Waals surface area contributed by atoms with Gasteiger partial charge >= 0.3 is 0 Å². The average Bonchev–Trinajstić information content (AvgIpc) is 3.06. The molecular formula is C21H22ClN3O2S. The molecule has 0 saturated heterocycles. The minimum absolute atomic E-state index is 0.332. The molecule has 0 aliphatic heterocycles. The van der Waals surface area contributed by atoms with Crippen LogP contribution in [0.3, 0.4) is 0 Å². The van der Waals surface area contributed by atoms with Gasteiger partial charge in [-0.15, -0.1) is 11.3 Å². The highest BCUT2D eigenvalue weighted by atomic mass is 35.5. The van der Waals surface area contributed by atoms with Crippen molar-refractivity contribution < 1.29 is 9.53 Å². The molecule has 3 rings (SSSR count). The van der Waals surface area contributed by atoms with Crippen LogP contribution in [0.15, 0.2) is 47.6 Å². The van der Waals surface area contributed by atoms with E-state index in [-0.39, 0.29) is 5.91 Å². The lowest BCUT2D eigenvalue weighted by molar-refractivity contribution is 0.0959. The molecule has 3 aromatic rings. The standard InChI is InChI=1S/C21H22ClN3O2S/c1-4-25(5-2)15-8-6-14(7-9-15)13-23-24-21(26)20-19(22)17-11-10-16(27-3)12-18(17)28-20/h6-13H,4-5H2,1-3H3,(H,24,26)/b23-13-. The van der Waals surface area contributed by atoms with Crippen molar-refractivity contribution in [1.29, 1.82) is 0 Å². The van der Waals surface area contributed by atoms with Gasteiger partial charge in [0.05, 0.1) is 18.3 Å². The van der Waals surface area contributed by atoms with Crippen LogP contribution in [0.1, 0.15) is 29.1 Å². The molecule has 1 aromatic heterocycles. The van der Waals surface area contributed by atoms with Crippen molar-refractivity contribution in [3.05, 3.63) is 57.9 Å². The molecule has 0 aliphatic carbocycles. The summed E-state index contributed by atoms with van der Waals surface area (Å²) in [4.78, 5) is 15.2. The van der Waals surface area contributed by atoms with Gasteiger partial charge in [0, 0.05) is 28.9 Å². The molecule has 1 N–H and O–H groups in total. The highest BCUT2D eigenvalue weighted by molar-refractivity contribution is 7.21. The first-order valence-electron chi connectivity index (χ1n) is 9.01. The van der Waals surface area contributed by atoms with Crippen molar-refractivity contribution in [1.82, 2.24) is 5.43 Å². The highest BCUT2D eigenvalue weighted by Crippen LogP contribution is 2.37. The van der Waals surface area contributed by atoms with Crippen LogP contribution < -0.4 is 15.1 Å². The van der Waals surface area contributed by atoms with Gasteiger partial charge in [0.2, 0.25) is 0 Å². The normalized spacial score (nSPS) is 11.1. The number of hydrazone groups is 1. The van der Waals surface area contributed by atoms with Crippen LogP contribution in [0.25, 0.3) is 10.1 Å². The SMILES string of the molecule is CCN(CC)c1ccc(/C=N\NC(=O)c2sc3cc(OC)ccc3c2Cl)cc1. The van der Waals surface area contributed by atoms with E-state index in [4.69, 9.17) is 16.3 Å². The van der Waals surface area contributed by atoms with Gasteiger partial charge in [-0.2, -0.15) is 5.10 Å². The molecule has 28 heavy (non-hydrogen) atoms. The highest BCUT2D eigenvalue weighted by Gasteiger charge is 2.17. The Bertz CT molecular complexity index is 995. The van der Waals surface area contributed by atoms with Crippen molar-refractivity contribution in [2.24, 2.45) is 5.10 Å². The Morgan fingerprint density at radius 1 is 1.21 bits per heavy atom. The molecule has 0 radical (unpaired) electrons. The molecule has 0 atom stereocenters. The third-order valence-electron chi connectivity index (χ3n) is 4.44. The molecule has 1 amide bonds. The summed E-state index contributed by atoms with van der Waals surface area (Å²) in [6.07, 6.45) is 1.62. The molecule has 0 bridgehead atoms. The lowest BCUT2D eigenvalue weighted by atomic mass is 10.2. The minimum atomic E-state index is -0.332. The van der Waals surface area contributed by atoms with Crippen molar-refractivity contribution in [2.45, 2.75) is 13.8 Å². The molecule has 7 heteroatoms. The zero-order valence-corrected chi connectivity index (χ0v) is 17.6. The number of rotatable bonds is 7. The van der Waals surface area contributed by atoms with E-state index in [0.717, 1.165) is 34.5 Å². The van der Waals surface area contributed by atoms with Gasteiger partial charge in [0.1, 0.15) is 10.6 Å². The Morgan fingerprint density at radius 2 is 1.93 bits per heavy atom. The van der Waals surface area contributed by atoms with Crippen LogP contribution in [0, 0.1) is 0 Å². The quantitative estimate of drug-likeness (QED) is 0.427. The Kier molecular flexibility index (Phi) is 6.54. The van der Waals surface area contributed by atoms with E-state index in [1.807, 2.05) is 42.5 Å². The van der Waals surface area contributed by atoms with Gasteiger partial charge in [-0.05, 0) is 49.7 Å². The van der Waals surface area contributed by atoms with Gasteiger partial charge in [-0.3, -0.25) is 4.79 Å². The number of methoxy groups -OCH3 is 1. The number of carbonyl (C=O) groups excluding carboxylic acids is 1. The van der Waals surface area contributed by atoms with Crippen LogP contribution in [-0.2, 0) is 0 Å². The molecule has 0 aliphatic rings. The van der Waals surface area contributed by atoms with Crippen LogP contribution in [-0.4, -0.2) is 32.3 Å². The van der Waals surface area contributed by atoms with E-state index in [9.17, 15) is 4.79 Å². The zero-order chi connectivity index (χ0) is 20.1. The van der Waals surface area contributed by atoms with Crippen LogP contribution >= 0.6 is 22.9 Å². The van der Waals surface area contributed by atoms with E-state index in [1.54, 1.807) is 13.3 Å². The monoisotopic (exact) mass is 415 g/mol. The van der Waals surface area contributed by atoms with Gasteiger partial charge in [-0.1, -0.05) is 23.7 Å². The number of hydrogen-bond acceptors (Lipinski definition) is 5. The van der Waals surface area contributed by atoms with Crippen LogP contribution in [0.2, 0.25) is 5.02 Å². The van der Waals surface area contributed by atoms with Gasteiger partial charge < -0.3 is 9.64 Å². The van der Waals surface area contributed by atoms with Crippen molar-refractivity contribution >= 4 is 50.8 Å². The van der Waals surface area contributed by atoms with Gasteiger partial charge in [-0.25, -0.2) is 5.43 Å². The zero-order valence-electron chi connectivity index (χ0n) is 16.0. The lowest BCUT2D eigenvalue weighted by Crippen LogP contribution is -2.21. The smallest absolute Gasteiger partial charge is 0.283 e. The summed E-state index contributed by atoms with van der Waals surface area (Å²) >= 11 is 7.68. The fourth-order valence-corrected chi connectivity index (χ4v) is 4.33. The molecule has 5 nitrogen and oxygen atoms in total. The van der Waals surface area contributed by atoms with Crippen LogP contribution in [0.5, 0.6) is 5.75 Å². The number of halogens is 1. The number of benzene rings is 2. The van der Waals surface area contributed by atoms with Gasteiger partial charge in [0.25, 0.3) is 5.91 Å². The molecule has 0 unspecified atom stereocenters. The topological polar surface area (TPSA) is 53.9 Å². The summed E-state index contributed by atoms with van der Waals surface area (Å²) in [5.41, 5.74) is 4.62. The molecule has 1 heterocycles. The largest absolute Gasteiger partial charge is 0.497 e. The fraction of sp³-hybridized carbons (Fsp3) is 0.238. The first-order valence-corrected chi connectivity index (χ1v) is 10.2. The lowest BCUT2D eigenvalue weighted by Gasteiger charge is -2.20. The van der Waals surface area contributed by atoms with E-state index >= 15 is 0 Å². The Labute approximate surface area is 173 Å². The fourth-order valence-electron chi connectivity index (χ4n) is 2.89. The second kappa shape index (κ2) is 9.08. The van der Waals surface area contributed by atoms with E-state index < -0.39 is 0 Å². The minimum Gasteiger partial charge on any atom is -0.497 e. The van der Waals surface area contributed by atoms with Crippen molar-refractivity contribution in [2.75, 3.05) is 25.1 Å². The second-order valence-electron chi connectivity index (χ2n) is 6.07. The number of fused-ring (bicyclic) bond motifs is 1. The second-order valence-corrected chi connectivity index (χ2v) is 7.50. The number of amides is 1. The predicted molar refractivity (Wildman–Crippen MR) is 118 cm³/mol. The summed E-state index contributed by atoms with van der Waals surface area (Å²) in [6.45, 7) is 6.18. The van der Waals surface area contributed by atoms with E-state index in [2.05, 4.69) is 29.3 Å². The summed E-state index contributed by atoms with van der Waals surface area (Å²) < 4.78 is 6.11. The Balaban J connectivity index is 1.70. The van der Waals surface area contributed by atoms with Gasteiger partial charge in [0.15, 0.2) is 0 Å². The molecule has 0 fully saturated rings. The first-order chi connectivity index (χ1) is 13.6. The first kappa shape index (κ1) is 20.2. The van der Waals surface area contributed by atoms with Crippen molar-refractivity contribution in [3.63, 3.8) is 0 Å². The number of nitrogens with one attached hydrogen (secondary N) is 1. The molecule has 0 spiro atoms. The maximum atomic E-state index is 12.5. The third kappa shape index (κ3) is 4.29. The average molecular weight is 416 g/mol. The third-order valence-corrected chi connectivity index (χ3v) is 6.10. The summed E-state index contributed by atoms with van der Waals surface area (Å²) in [7, 11) is 1.60. The van der Waals surface area contributed by atoms with Crippen molar-refractivity contribution in [3.8, 4) is 5.75 Å². The molecular weight excluding hydrogens is 394 g/mol. The Morgan fingerprint density at radius 3 is 2.57 bits per heavy atom. The summed E-state index contributed by atoms with van der Waals surface area (Å²) in [5, 5.41) is 5.32. The molecule has 146 valence electrons. The number of carbonyl (C=O) groups is 1. The number of anilines is 1.